The van der Waals surface area contributed by atoms with Gasteiger partial charge in [-0.05, 0) is 52.4 Å². The standard InChI is InChI=1S/C14H12BrN3/c1-18-14(13(15)8-17-18)12-6-10(9-2-3-9)4-5-11(12)7-16/h4-6,8-9H,2-3H2,1H3. The second kappa shape index (κ2) is 4.25. The fourth-order valence-corrected chi connectivity index (χ4v) is 2.80. The summed E-state index contributed by atoms with van der Waals surface area (Å²) in [6.45, 7) is 0. The van der Waals surface area contributed by atoms with E-state index in [1.165, 1.54) is 18.4 Å². The zero-order chi connectivity index (χ0) is 12.7. The van der Waals surface area contributed by atoms with Crippen molar-refractivity contribution >= 4 is 15.9 Å². The number of nitrogens with zero attached hydrogens (tertiary/aromatic N) is 3. The average molecular weight is 302 g/mol. The third kappa shape index (κ3) is 1.85. The van der Waals surface area contributed by atoms with Crippen LogP contribution in [-0.4, -0.2) is 9.78 Å². The molecule has 1 aromatic heterocycles. The molecular formula is C14H12BrN3. The Kier molecular flexibility index (Phi) is 2.71. The largest absolute Gasteiger partial charge is 0.267 e. The van der Waals surface area contributed by atoms with E-state index in [0.29, 0.717) is 11.5 Å². The molecule has 4 heteroatoms. The first kappa shape index (κ1) is 11.5. The highest BCUT2D eigenvalue weighted by Gasteiger charge is 2.25. The van der Waals surface area contributed by atoms with E-state index >= 15 is 0 Å². The summed E-state index contributed by atoms with van der Waals surface area (Å²) in [5.41, 5.74) is 3.96. The van der Waals surface area contributed by atoms with Gasteiger partial charge in [-0.3, -0.25) is 4.68 Å². The molecule has 2 aromatic rings. The Morgan fingerprint density at radius 1 is 1.44 bits per heavy atom. The first-order valence-electron chi connectivity index (χ1n) is 5.92. The van der Waals surface area contributed by atoms with E-state index in [0.717, 1.165) is 15.7 Å². The Balaban J connectivity index is 2.20. The summed E-state index contributed by atoms with van der Waals surface area (Å²) < 4.78 is 2.73. The van der Waals surface area contributed by atoms with Gasteiger partial charge in [0.2, 0.25) is 0 Å². The molecule has 1 heterocycles. The Morgan fingerprint density at radius 2 is 2.22 bits per heavy atom. The zero-order valence-corrected chi connectivity index (χ0v) is 11.6. The predicted molar refractivity (Wildman–Crippen MR) is 73.0 cm³/mol. The van der Waals surface area contributed by atoms with Crippen LogP contribution in [0.2, 0.25) is 0 Å². The molecule has 1 aliphatic rings. The molecule has 0 amide bonds. The Labute approximate surface area is 114 Å². The topological polar surface area (TPSA) is 41.6 Å². The zero-order valence-electron chi connectivity index (χ0n) is 10.0. The number of aromatic nitrogens is 2. The Bertz CT molecular complexity index is 628. The summed E-state index contributed by atoms with van der Waals surface area (Å²) in [6.07, 6.45) is 4.29. The summed E-state index contributed by atoms with van der Waals surface area (Å²) in [5.74, 6) is 0.684. The van der Waals surface area contributed by atoms with Crippen LogP contribution in [0.25, 0.3) is 11.3 Å². The number of aryl methyl sites for hydroxylation is 1. The minimum Gasteiger partial charge on any atom is -0.267 e. The van der Waals surface area contributed by atoms with Crippen LogP contribution in [0.3, 0.4) is 0 Å². The maximum Gasteiger partial charge on any atom is 0.0998 e. The number of halogens is 1. The number of rotatable bonds is 2. The number of hydrogen-bond acceptors (Lipinski definition) is 2. The van der Waals surface area contributed by atoms with E-state index in [-0.39, 0.29) is 0 Å². The highest BCUT2D eigenvalue weighted by atomic mass is 79.9. The van der Waals surface area contributed by atoms with E-state index in [1.807, 2.05) is 13.1 Å². The van der Waals surface area contributed by atoms with Gasteiger partial charge in [0.1, 0.15) is 0 Å². The van der Waals surface area contributed by atoms with Crippen molar-refractivity contribution < 1.29 is 0 Å². The van der Waals surface area contributed by atoms with Gasteiger partial charge in [0.05, 0.1) is 28.0 Å². The minimum absolute atomic E-state index is 0.684. The molecule has 90 valence electrons. The van der Waals surface area contributed by atoms with Crippen molar-refractivity contribution in [2.24, 2.45) is 7.05 Å². The molecule has 1 aliphatic carbocycles. The van der Waals surface area contributed by atoms with Crippen molar-refractivity contribution in [1.29, 1.82) is 5.26 Å². The van der Waals surface area contributed by atoms with Gasteiger partial charge in [-0.15, -0.1) is 0 Å². The van der Waals surface area contributed by atoms with Crippen molar-refractivity contribution in [3.8, 4) is 17.3 Å². The molecule has 3 nitrogen and oxygen atoms in total. The van der Waals surface area contributed by atoms with Crippen molar-refractivity contribution in [1.82, 2.24) is 9.78 Å². The van der Waals surface area contributed by atoms with Crippen LogP contribution in [0.4, 0.5) is 0 Å². The molecule has 3 rings (SSSR count). The summed E-state index contributed by atoms with van der Waals surface area (Å²) in [4.78, 5) is 0. The van der Waals surface area contributed by atoms with Crippen LogP contribution in [0.1, 0.15) is 29.9 Å². The maximum atomic E-state index is 9.25. The van der Waals surface area contributed by atoms with Gasteiger partial charge in [0.15, 0.2) is 0 Å². The predicted octanol–water partition coefficient (Wildman–Crippen LogP) is 3.60. The van der Waals surface area contributed by atoms with Crippen LogP contribution in [-0.2, 0) is 7.05 Å². The van der Waals surface area contributed by atoms with E-state index in [9.17, 15) is 5.26 Å². The van der Waals surface area contributed by atoms with Gasteiger partial charge in [-0.2, -0.15) is 10.4 Å². The lowest BCUT2D eigenvalue weighted by Gasteiger charge is -2.08. The summed E-state index contributed by atoms with van der Waals surface area (Å²) >= 11 is 3.50. The SMILES string of the molecule is Cn1ncc(Br)c1-c1cc(C2CC2)ccc1C#N. The first-order valence-corrected chi connectivity index (χ1v) is 6.72. The molecule has 18 heavy (non-hydrogen) atoms. The Morgan fingerprint density at radius 3 is 2.78 bits per heavy atom. The highest BCUT2D eigenvalue weighted by Crippen LogP contribution is 2.42. The minimum atomic E-state index is 0.684. The van der Waals surface area contributed by atoms with E-state index < -0.39 is 0 Å². The lowest BCUT2D eigenvalue weighted by atomic mass is 10.00. The highest BCUT2D eigenvalue weighted by molar-refractivity contribution is 9.10. The number of nitriles is 1. The summed E-state index contributed by atoms with van der Waals surface area (Å²) in [5, 5.41) is 13.5. The van der Waals surface area contributed by atoms with Gasteiger partial charge < -0.3 is 0 Å². The lowest BCUT2D eigenvalue weighted by molar-refractivity contribution is 0.775. The average Bonchev–Trinajstić information content (AvgIpc) is 3.16. The van der Waals surface area contributed by atoms with Crippen molar-refractivity contribution in [3.05, 3.63) is 40.0 Å². The number of hydrogen-bond donors (Lipinski definition) is 0. The molecular weight excluding hydrogens is 290 g/mol. The normalized spacial score (nSPS) is 14.5. The van der Waals surface area contributed by atoms with Crippen LogP contribution in [0, 0.1) is 11.3 Å². The Hall–Kier alpha value is -1.60. The van der Waals surface area contributed by atoms with Gasteiger partial charge in [0, 0.05) is 12.6 Å². The maximum absolute atomic E-state index is 9.25. The lowest BCUT2D eigenvalue weighted by Crippen LogP contribution is -1.97. The third-order valence-corrected chi connectivity index (χ3v) is 3.94. The van der Waals surface area contributed by atoms with Crippen molar-refractivity contribution in [2.45, 2.75) is 18.8 Å². The third-order valence-electron chi connectivity index (χ3n) is 3.36. The van der Waals surface area contributed by atoms with Gasteiger partial charge in [0.25, 0.3) is 0 Å². The van der Waals surface area contributed by atoms with Crippen LogP contribution >= 0.6 is 15.9 Å². The second-order valence-corrected chi connectivity index (χ2v) is 5.51. The van der Waals surface area contributed by atoms with E-state index in [1.54, 1.807) is 10.9 Å². The quantitative estimate of drug-likeness (QED) is 0.850. The van der Waals surface area contributed by atoms with E-state index in [2.05, 4.69) is 39.2 Å². The van der Waals surface area contributed by atoms with Gasteiger partial charge in [-0.1, -0.05) is 6.07 Å². The van der Waals surface area contributed by atoms with Crippen LogP contribution < -0.4 is 0 Å². The fraction of sp³-hybridized carbons (Fsp3) is 0.286. The molecule has 0 aliphatic heterocycles. The second-order valence-electron chi connectivity index (χ2n) is 4.66. The van der Waals surface area contributed by atoms with Crippen molar-refractivity contribution in [3.63, 3.8) is 0 Å². The molecule has 0 bridgehead atoms. The molecule has 1 saturated carbocycles. The monoisotopic (exact) mass is 301 g/mol. The molecule has 0 saturated heterocycles. The van der Waals surface area contributed by atoms with Crippen molar-refractivity contribution in [2.75, 3.05) is 0 Å². The molecule has 0 atom stereocenters. The molecule has 1 aromatic carbocycles. The fourth-order valence-electron chi connectivity index (χ4n) is 2.24. The van der Waals surface area contributed by atoms with Crippen LogP contribution in [0.5, 0.6) is 0 Å². The smallest absolute Gasteiger partial charge is 0.0998 e. The van der Waals surface area contributed by atoms with Gasteiger partial charge >= 0.3 is 0 Å². The van der Waals surface area contributed by atoms with E-state index in [4.69, 9.17) is 0 Å². The van der Waals surface area contributed by atoms with Gasteiger partial charge in [-0.25, -0.2) is 0 Å². The first-order chi connectivity index (χ1) is 8.70. The number of benzene rings is 1. The molecule has 0 spiro atoms. The molecule has 1 fully saturated rings. The summed E-state index contributed by atoms with van der Waals surface area (Å²) in [7, 11) is 1.89. The molecule has 0 unspecified atom stereocenters. The van der Waals surface area contributed by atoms with Crippen LogP contribution in [0.15, 0.2) is 28.9 Å². The molecule has 0 radical (unpaired) electrons. The summed E-state index contributed by atoms with van der Waals surface area (Å²) in [6, 6.07) is 8.39. The molecule has 0 N–H and O–H groups in total.